The molecule has 2 heterocycles. The summed E-state index contributed by atoms with van der Waals surface area (Å²) in [4.78, 5) is 8.79. The van der Waals surface area contributed by atoms with Crippen LogP contribution in [0.15, 0.2) is 58.2 Å². The molecule has 2 aromatic carbocycles. The lowest BCUT2D eigenvalue weighted by Gasteiger charge is -2.36. The maximum absolute atomic E-state index is 6.69. The number of para-hydroxylation sites is 1. The summed E-state index contributed by atoms with van der Waals surface area (Å²) >= 11 is 3.85. The highest BCUT2D eigenvalue weighted by molar-refractivity contribution is 14.1. The van der Waals surface area contributed by atoms with Crippen LogP contribution in [0.25, 0.3) is 0 Å². The van der Waals surface area contributed by atoms with Crippen LogP contribution in [-0.2, 0) is 0 Å². The van der Waals surface area contributed by atoms with Crippen molar-refractivity contribution in [1.29, 1.82) is 0 Å². The number of thioether (sulfide) groups is 1. The van der Waals surface area contributed by atoms with Crippen molar-refractivity contribution in [1.82, 2.24) is 0 Å². The van der Waals surface area contributed by atoms with Crippen molar-refractivity contribution in [3.05, 3.63) is 67.9 Å². The average Bonchev–Trinajstić information content (AvgIpc) is 2.93. The Hall–Kier alpha value is -1.55. The Labute approximate surface area is 171 Å². The number of halogens is 1. The SMILES string of the molecule is Cc1cccc(C)c1N1C2=C(N=CN(c3ccc(I)cc3)C2N)SC1N. The van der Waals surface area contributed by atoms with Crippen molar-refractivity contribution in [2.24, 2.45) is 16.5 Å². The molecule has 0 bridgehead atoms. The molecule has 134 valence electrons. The number of aliphatic imine (C=N–C) groups is 1. The normalized spacial score (nSPS) is 22.2. The molecule has 0 aliphatic carbocycles. The van der Waals surface area contributed by atoms with Crippen molar-refractivity contribution >= 4 is 52.1 Å². The summed E-state index contributed by atoms with van der Waals surface area (Å²) in [5.74, 6) is 0. The number of aryl methyl sites for hydroxylation is 2. The van der Waals surface area contributed by atoms with Crippen LogP contribution in [0.3, 0.4) is 0 Å². The number of benzene rings is 2. The molecule has 0 aromatic heterocycles. The molecule has 0 saturated heterocycles. The van der Waals surface area contributed by atoms with E-state index < -0.39 is 0 Å². The Morgan fingerprint density at radius 1 is 1.04 bits per heavy atom. The Balaban J connectivity index is 1.76. The highest BCUT2D eigenvalue weighted by atomic mass is 127. The lowest BCUT2D eigenvalue weighted by Crippen LogP contribution is -2.50. The highest BCUT2D eigenvalue weighted by Gasteiger charge is 2.39. The summed E-state index contributed by atoms with van der Waals surface area (Å²) in [5.41, 5.74) is 18.4. The molecular formula is C19H20IN5S. The van der Waals surface area contributed by atoms with Gasteiger partial charge < -0.3 is 21.3 Å². The number of hydrogen-bond acceptors (Lipinski definition) is 6. The van der Waals surface area contributed by atoms with E-state index in [2.05, 4.69) is 88.8 Å². The second kappa shape index (κ2) is 6.88. The topological polar surface area (TPSA) is 70.9 Å². The van der Waals surface area contributed by atoms with E-state index >= 15 is 0 Å². The van der Waals surface area contributed by atoms with E-state index in [0.29, 0.717) is 0 Å². The van der Waals surface area contributed by atoms with Gasteiger partial charge in [-0.25, -0.2) is 4.99 Å². The van der Waals surface area contributed by atoms with Crippen molar-refractivity contribution in [2.45, 2.75) is 25.5 Å². The molecule has 4 N–H and O–H groups in total. The van der Waals surface area contributed by atoms with E-state index in [-0.39, 0.29) is 11.7 Å². The van der Waals surface area contributed by atoms with Crippen LogP contribution in [0.4, 0.5) is 11.4 Å². The molecule has 5 nitrogen and oxygen atoms in total. The summed E-state index contributed by atoms with van der Waals surface area (Å²) < 4.78 is 1.18. The first-order valence-electron chi connectivity index (χ1n) is 8.33. The lowest BCUT2D eigenvalue weighted by molar-refractivity contribution is 0.721. The number of rotatable bonds is 2. The Morgan fingerprint density at radius 3 is 2.35 bits per heavy atom. The highest BCUT2D eigenvalue weighted by Crippen LogP contribution is 2.45. The van der Waals surface area contributed by atoms with E-state index in [4.69, 9.17) is 11.5 Å². The maximum Gasteiger partial charge on any atom is 0.136 e. The molecule has 4 rings (SSSR count). The van der Waals surface area contributed by atoms with Gasteiger partial charge in [0.15, 0.2) is 0 Å². The molecule has 0 radical (unpaired) electrons. The molecule has 0 amide bonds. The summed E-state index contributed by atoms with van der Waals surface area (Å²) in [6, 6.07) is 14.5. The standard InChI is InChI=1S/C19H20IN5S/c1-11-4-3-5-12(2)15(11)25-16-17(21)24(10-23-18(16)26-19(25)22)14-8-6-13(20)7-9-14/h3-10,17,19H,21-22H2,1-2H3. The predicted molar refractivity (Wildman–Crippen MR) is 119 cm³/mol. The van der Waals surface area contributed by atoms with Gasteiger partial charge >= 0.3 is 0 Å². The maximum atomic E-state index is 6.69. The minimum atomic E-state index is -0.345. The number of nitrogens with two attached hydrogens (primary N) is 2. The first-order chi connectivity index (χ1) is 12.5. The summed E-state index contributed by atoms with van der Waals surface area (Å²) in [7, 11) is 0. The number of hydrogen-bond donors (Lipinski definition) is 2. The third-order valence-electron chi connectivity index (χ3n) is 4.65. The summed E-state index contributed by atoms with van der Waals surface area (Å²) in [6.45, 7) is 4.21. The van der Waals surface area contributed by atoms with Crippen molar-refractivity contribution in [3.63, 3.8) is 0 Å². The molecule has 0 fully saturated rings. The van der Waals surface area contributed by atoms with Crippen LogP contribution in [0, 0.1) is 17.4 Å². The fourth-order valence-electron chi connectivity index (χ4n) is 3.43. The molecule has 7 heteroatoms. The second-order valence-corrected chi connectivity index (χ2v) is 8.73. The van der Waals surface area contributed by atoms with Gasteiger partial charge in [0.2, 0.25) is 0 Å². The average molecular weight is 477 g/mol. The Kier molecular flexibility index (Phi) is 4.72. The zero-order valence-corrected chi connectivity index (χ0v) is 17.5. The predicted octanol–water partition coefficient (Wildman–Crippen LogP) is 3.71. The zero-order valence-electron chi connectivity index (χ0n) is 14.6. The molecule has 2 atom stereocenters. The Bertz CT molecular complexity index is 888. The molecule has 2 unspecified atom stereocenters. The van der Waals surface area contributed by atoms with Crippen LogP contribution in [0.2, 0.25) is 0 Å². The monoisotopic (exact) mass is 477 g/mol. The van der Waals surface area contributed by atoms with Crippen LogP contribution >= 0.6 is 34.4 Å². The van der Waals surface area contributed by atoms with E-state index in [1.165, 1.54) is 14.7 Å². The minimum absolute atomic E-state index is 0.236. The second-order valence-electron chi connectivity index (χ2n) is 6.38. The van der Waals surface area contributed by atoms with Gasteiger partial charge in [0.05, 0.1) is 12.0 Å². The third kappa shape index (κ3) is 2.92. The van der Waals surface area contributed by atoms with Gasteiger partial charge in [-0.3, -0.25) is 0 Å². The van der Waals surface area contributed by atoms with Crippen LogP contribution in [-0.4, -0.2) is 18.0 Å². The molecule has 0 spiro atoms. The van der Waals surface area contributed by atoms with Gasteiger partial charge in [0, 0.05) is 14.9 Å². The van der Waals surface area contributed by atoms with Crippen molar-refractivity contribution < 1.29 is 0 Å². The third-order valence-corrected chi connectivity index (χ3v) is 6.36. The molecule has 2 aliphatic heterocycles. The van der Waals surface area contributed by atoms with Gasteiger partial charge in [-0.1, -0.05) is 30.0 Å². The van der Waals surface area contributed by atoms with E-state index in [1.807, 2.05) is 4.90 Å². The lowest BCUT2D eigenvalue weighted by atomic mass is 10.1. The van der Waals surface area contributed by atoms with E-state index in [9.17, 15) is 0 Å². The van der Waals surface area contributed by atoms with Crippen molar-refractivity contribution in [3.8, 4) is 0 Å². The van der Waals surface area contributed by atoms with Gasteiger partial charge in [0.25, 0.3) is 0 Å². The molecule has 2 aromatic rings. The van der Waals surface area contributed by atoms with Gasteiger partial charge in [-0.05, 0) is 71.8 Å². The van der Waals surface area contributed by atoms with Gasteiger partial charge in [-0.15, -0.1) is 0 Å². The fourth-order valence-corrected chi connectivity index (χ4v) is 4.79. The van der Waals surface area contributed by atoms with Crippen molar-refractivity contribution in [2.75, 3.05) is 9.80 Å². The largest absolute Gasteiger partial charge is 0.314 e. The van der Waals surface area contributed by atoms with E-state index in [1.54, 1.807) is 18.1 Å². The first-order valence-corrected chi connectivity index (χ1v) is 10.3. The van der Waals surface area contributed by atoms with Crippen LogP contribution in [0.1, 0.15) is 11.1 Å². The Morgan fingerprint density at radius 2 is 1.69 bits per heavy atom. The molecule has 2 aliphatic rings. The minimum Gasteiger partial charge on any atom is -0.314 e. The van der Waals surface area contributed by atoms with Crippen LogP contribution < -0.4 is 21.3 Å². The molecular weight excluding hydrogens is 457 g/mol. The molecule has 0 saturated carbocycles. The smallest absolute Gasteiger partial charge is 0.136 e. The first kappa shape index (κ1) is 17.8. The fraction of sp³-hybridized carbons (Fsp3) is 0.211. The quantitative estimate of drug-likeness (QED) is 0.646. The summed E-state index contributed by atoms with van der Waals surface area (Å²) in [5, 5.41) is 0.898. The number of nitrogens with zero attached hydrogens (tertiary/aromatic N) is 3. The zero-order chi connectivity index (χ0) is 18.4. The van der Waals surface area contributed by atoms with E-state index in [0.717, 1.165) is 22.1 Å². The van der Waals surface area contributed by atoms with Crippen LogP contribution in [0.5, 0.6) is 0 Å². The summed E-state index contributed by atoms with van der Waals surface area (Å²) in [6.07, 6.45) is 1.46. The number of anilines is 2. The molecule has 26 heavy (non-hydrogen) atoms. The van der Waals surface area contributed by atoms with Gasteiger partial charge in [-0.2, -0.15) is 0 Å². The van der Waals surface area contributed by atoms with Gasteiger partial charge in [0.1, 0.15) is 16.7 Å².